The van der Waals surface area contributed by atoms with E-state index in [0.29, 0.717) is 5.75 Å². The number of anilines is 1. The van der Waals surface area contributed by atoms with E-state index in [-0.39, 0.29) is 5.91 Å². The standard InChI is InChI=1S/C14H21NOS/c1-4-5-8-17-10-14(16)15-13-7-6-11(2)9-12(13)3/h6-7,9H,4-5,8,10H2,1-3H3,(H,15,16). The Bertz CT molecular complexity index is 376. The Labute approximate surface area is 108 Å². The van der Waals surface area contributed by atoms with Crippen LogP contribution >= 0.6 is 11.8 Å². The van der Waals surface area contributed by atoms with Gasteiger partial charge in [-0.15, -0.1) is 0 Å². The van der Waals surface area contributed by atoms with Crippen LogP contribution in [0.15, 0.2) is 18.2 Å². The molecule has 0 aromatic heterocycles. The molecular weight excluding hydrogens is 230 g/mol. The van der Waals surface area contributed by atoms with Gasteiger partial charge < -0.3 is 5.32 Å². The summed E-state index contributed by atoms with van der Waals surface area (Å²) >= 11 is 1.70. The molecule has 0 fully saturated rings. The molecule has 0 bridgehead atoms. The maximum atomic E-state index is 11.7. The molecule has 0 radical (unpaired) electrons. The molecule has 0 aliphatic carbocycles. The summed E-state index contributed by atoms with van der Waals surface area (Å²) in [6.07, 6.45) is 2.37. The zero-order valence-electron chi connectivity index (χ0n) is 10.9. The first-order valence-electron chi connectivity index (χ1n) is 6.08. The highest BCUT2D eigenvalue weighted by Crippen LogP contribution is 2.16. The van der Waals surface area contributed by atoms with Crippen molar-refractivity contribution >= 4 is 23.4 Å². The molecule has 0 saturated heterocycles. The van der Waals surface area contributed by atoms with Gasteiger partial charge in [-0.1, -0.05) is 31.0 Å². The van der Waals surface area contributed by atoms with E-state index in [1.165, 1.54) is 18.4 Å². The van der Waals surface area contributed by atoms with E-state index in [4.69, 9.17) is 0 Å². The van der Waals surface area contributed by atoms with Crippen molar-refractivity contribution in [2.75, 3.05) is 16.8 Å². The van der Waals surface area contributed by atoms with Crippen molar-refractivity contribution < 1.29 is 4.79 Å². The smallest absolute Gasteiger partial charge is 0.234 e. The second kappa shape index (κ2) is 7.38. The van der Waals surface area contributed by atoms with Crippen molar-refractivity contribution in [3.05, 3.63) is 29.3 Å². The number of thioether (sulfide) groups is 1. The molecule has 0 saturated carbocycles. The molecule has 1 aromatic carbocycles. The Morgan fingerprint density at radius 3 is 2.76 bits per heavy atom. The van der Waals surface area contributed by atoms with E-state index >= 15 is 0 Å². The van der Waals surface area contributed by atoms with E-state index in [0.717, 1.165) is 17.0 Å². The van der Waals surface area contributed by atoms with Crippen LogP contribution in [0.25, 0.3) is 0 Å². The average molecular weight is 251 g/mol. The van der Waals surface area contributed by atoms with Gasteiger partial charge in [-0.2, -0.15) is 11.8 Å². The lowest BCUT2D eigenvalue weighted by molar-refractivity contribution is -0.113. The molecule has 17 heavy (non-hydrogen) atoms. The molecule has 0 atom stereocenters. The topological polar surface area (TPSA) is 29.1 Å². The summed E-state index contributed by atoms with van der Waals surface area (Å²) in [5, 5.41) is 2.95. The minimum Gasteiger partial charge on any atom is -0.325 e. The fourth-order valence-corrected chi connectivity index (χ4v) is 2.45. The summed E-state index contributed by atoms with van der Waals surface area (Å²) in [7, 11) is 0. The van der Waals surface area contributed by atoms with E-state index < -0.39 is 0 Å². The number of unbranched alkanes of at least 4 members (excludes halogenated alkanes) is 1. The molecule has 1 N–H and O–H groups in total. The van der Waals surface area contributed by atoms with Crippen LogP contribution in [0, 0.1) is 13.8 Å². The second-order valence-corrected chi connectivity index (χ2v) is 5.38. The Balaban J connectivity index is 2.40. The number of hydrogen-bond acceptors (Lipinski definition) is 2. The van der Waals surface area contributed by atoms with Gasteiger partial charge in [-0.3, -0.25) is 4.79 Å². The van der Waals surface area contributed by atoms with Gasteiger partial charge in [0.2, 0.25) is 5.91 Å². The van der Waals surface area contributed by atoms with Crippen molar-refractivity contribution in [2.24, 2.45) is 0 Å². The van der Waals surface area contributed by atoms with Crippen LogP contribution in [0.5, 0.6) is 0 Å². The van der Waals surface area contributed by atoms with Crippen molar-refractivity contribution in [1.82, 2.24) is 0 Å². The van der Waals surface area contributed by atoms with E-state index in [9.17, 15) is 4.79 Å². The third-order valence-corrected chi connectivity index (χ3v) is 3.58. The van der Waals surface area contributed by atoms with Crippen LogP contribution in [0.3, 0.4) is 0 Å². The molecular formula is C14H21NOS. The lowest BCUT2D eigenvalue weighted by Crippen LogP contribution is -2.15. The molecule has 1 aromatic rings. The third-order valence-electron chi connectivity index (χ3n) is 2.53. The molecule has 3 heteroatoms. The molecule has 0 aliphatic heterocycles. The number of carbonyl (C=O) groups excluding carboxylic acids is 1. The SMILES string of the molecule is CCCCSCC(=O)Nc1ccc(C)cc1C. The number of aryl methyl sites for hydroxylation is 2. The normalized spacial score (nSPS) is 10.3. The number of amides is 1. The van der Waals surface area contributed by atoms with Crippen molar-refractivity contribution in [3.63, 3.8) is 0 Å². The fourth-order valence-electron chi connectivity index (χ4n) is 1.55. The maximum Gasteiger partial charge on any atom is 0.234 e. The highest BCUT2D eigenvalue weighted by molar-refractivity contribution is 7.99. The molecule has 94 valence electrons. The monoisotopic (exact) mass is 251 g/mol. The molecule has 1 amide bonds. The molecule has 0 spiro atoms. The first-order valence-corrected chi connectivity index (χ1v) is 7.23. The third kappa shape index (κ3) is 5.26. The van der Waals surface area contributed by atoms with Gasteiger partial charge in [-0.25, -0.2) is 0 Å². The van der Waals surface area contributed by atoms with Crippen LogP contribution in [0.1, 0.15) is 30.9 Å². The van der Waals surface area contributed by atoms with Crippen LogP contribution in [-0.2, 0) is 4.79 Å². The average Bonchev–Trinajstić information content (AvgIpc) is 2.28. The minimum atomic E-state index is 0.0954. The highest BCUT2D eigenvalue weighted by Gasteiger charge is 2.04. The van der Waals surface area contributed by atoms with Crippen molar-refractivity contribution in [3.8, 4) is 0 Å². The maximum absolute atomic E-state index is 11.7. The van der Waals surface area contributed by atoms with E-state index in [1.807, 2.05) is 19.1 Å². The first kappa shape index (κ1) is 14.1. The summed E-state index contributed by atoms with van der Waals surface area (Å²) in [6, 6.07) is 6.08. The predicted octanol–water partition coefficient (Wildman–Crippen LogP) is 3.78. The minimum absolute atomic E-state index is 0.0954. The van der Waals surface area contributed by atoms with Crippen LogP contribution in [0.4, 0.5) is 5.69 Å². The van der Waals surface area contributed by atoms with Gasteiger partial charge in [-0.05, 0) is 37.7 Å². The number of rotatable bonds is 6. The number of nitrogens with one attached hydrogen (secondary N) is 1. The molecule has 0 unspecified atom stereocenters. The van der Waals surface area contributed by atoms with Crippen LogP contribution in [-0.4, -0.2) is 17.4 Å². The Morgan fingerprint density at radius 1 is 1.35 bits per heavy atom. The lowest BCUT2D eigenvalue weighted by atomic mass is 10.1. The van der Waals surface area contributed by atoms with Gasteiger partial charge in [0, 0.05) is 5.69 Å². The van der Waals surface area contributed by atoms with Crippen LogP contribution < -0.4 is 5.32 Å². The second-order valence-electron chi connectivity index (χ2n) is 4.27. The summed E-state index contributed by atoms with van der Waals surface area (Å²) < 4.78 is 0. The quantitative estimate of drug-likeness (QED) is 0.780. The highest BCUT2D eigenvalue weighted by atomic mass is 32.2. The largest absolute Gasteiger partial charge is 0.325 e. The molecule has 1 rings (SSSR count). The first-order chi connectivity index (χ1) is 8.13. The molecule has 0 heterocycles. The van der Waals surface area contributed by atoms with Gasteiger partial charge in [0.1, 0.15) is 0 Å². The van der Waals surface area contributed by atoms with E-state index in [2.05, 4.69) is 25.2 Å². The molecule has 0 aliphatic rings. The van der Waals surface area contributed by atoms with Gasteiger partial charge in [0.15, 0.2) is 0 Å². The zero-order valence-corrected chi connectivity index (χ0v) is 11.7. The van der Waals surface area contributed by atoms with Gasteiger partial charge in [0.05, 0.1) is 5.75 Å². The summed E-state index contributed by atoms with van der Waals surface area (Å²) in [5.74, 6) is 1.71. The molecule has 2 nitrogen and oxygen atoms in total. The number of hydrogen-bond donors (Lipinski definition) is 1. The van der Waals surface area contributed by atoms with Gasteiger partial charge in [0.25, 0.3) is 0 Å². The summed E-state index contributed by atoms with van der Waals surface area (Å²) in [6.45, 7) is 6.24. The number of benzene rings is 1. The Morgan fingerprint density at radius 2 is 2.12 bits per heavy atom. The van der Waals surface area contributed by atoms with E-state index in [1.54, 1.807) is 11.8 Å². The zero-order chi connectivity index (χ0) is 12.7. The summed E-state index contributed by atoms with van der Waals surface area (Å²) in [4.78, 5) is 11.7. The lowest BCUT2D eigenvalue weighted by Gasteiger charge is -2.08. The predicted molar refractivity (Wildman–Crippen MR) is 76.8 cm³/mol. The Hall–Kier alpha value is -0.960. The van der Waals surface area contributed by atoms with Crippen molar-refractivity contribution in [1.29, 1.82) is 0 Å². The summed E-state index contributed by atoms with van der Waals surface area (Å²) in [5.41, 5.74) is 3.27. The van der Waals surface area contributed by atoms with Crippen LogP contribution in [0.2, 0.25) is 0 Å². The van der Waals surface area contributed by atoms with Gasteiger partial charge >= 0.3 is 0 Å². The fraction of sp³-hybridized carbons (Fsp3) is 0.500. The van der Waals surface area contributed by atoms with Crippen molar-refractivity contribution in [2.45, 2.75) is 33.6 Å². The Kier molecular flexibility index (Phi) is 6.12. The number of carbonyl (C=O) groups is 1.